The Kier molecular flexibility index (Phi) is 4.47. The molecule has 0 bridgehead atoms. The Morgan fingerprint density at radius 1 is 1.30 bits per heavy atom. The summed E-state index contributed by atoms with van der Waals surface area (Å²) < 4.78 is 6.82. The number of carboxylic acids is 1. The number of fused-ring (bicyclic) bond motifs is 1. The molecule has 0 aliphatic rings. The fourth-order valence-electron chi connectivity index (χ4n) is 2.22. The Bertz CT molecular complexity index is 830. The zero-order valence-electron chi connectivity index (χ0n) is 12.5. The molecule has 0 aliphatic carbocycles. The monoisotopic (exact) mass is 329 g/mol. The highest BCUT2D eigenvalue weighted by Crippen LogP contribution is 2.27. The molecule has 0 atom stereocenters. The number of benzene rings is 1. The molecule has 1 N–H and O–H groups in total. The number of nitrogens with zero attached hydrogens (tertiary/aromatic N) is 3. The maximum Gasteiger partial charge on any atom is 0.323 e. The predicted octanol–water partition coefficient (Wildman–Crippen LogP) is 2.82. The van der Waals surface area contributed by atoms with Crippen molar-refractivity contribution in [2.24, 2.45) is 0 Å². The molecule has 6 nitrogen and oxygen atoms in total. The Balaban J connectivity index is 1.84. The molecule has 0 unspecified atom stereocenters. The first-order valence-electron chi connectivity index (χ1n) is 6.95. The van der Waals surface area contributed by atoms with Gasteiger partial charge in [-0.3, -0.25) is 9.78 Å². The Morgan fingerprint density at radius 3 is 2.78 bits per heavy atom. The summed E-state index contributed by atoms with van der Waals surface area (Å²) in [6, 6.07) is 9.56. The van der Waals surface area contributed by atoms with Crippen molar-refractivity contribution in [2.75, 3.05) is 7.11 Å². The highest BCUT2D eigenvalue weighted by atomic mass is 32.2. The van der Waals surface area contributed by atoms with Gasteiger partial charge in [-0.05, 0) is 23.8 Å². The van der Waals surface area contributed by atoms with Crippen molar-refractivity contribution in [3.8, 4) is 5.75 Å². The van der Waals surface area contributed by atoms with Gasteiger partial charge in [-0.1, -0.05) is 23.9 Å². The van der Waals surface area contributed by atoms with Gasteiger partial charge in [0.05, 0.1) is 24.3 Å². The van der Waals surface area contributed by atoms with Gasteiger partial charge in [0.15, 0.2) is 5.16 Å². The number of carbonyl (C=O) groups is 1. The van der Waals surface area contributed by atoms with Crippen molar-refractivity contribution in [1.29, 1.82) is 0 Å². The first kappa shape index (κ1) is 15.4. The number of carboxylic acid groups (broad SMARTS) is 1. The molecule has 1 aromatic carbocycles. The van der Waals surface area contributed by atoms with E-state index in [-0.39, 0.29) is 6.54 Å². The molecule has 2 aromatic heterocycles. The van der Waals surface area contributed by atoms with Crippen LogP contribution in [-0.4, -0.2) is 32.7 Å². The van der Waals surface area contributed by atoms with E-state index >= 15 is 0 Å². The van der Waals surface area contributed by atoms with E-state index in [2.05, 4.69) is 9.97 Å². The summed E-state index contributed by atoms with van der Waals surface area (Å²) in [6.07, 6.45) is 3.29. The average molecular weight is 329 g/mol. The number of rotatable bonds is 6. The quantitative estimate of drug-likeness (QED) is 0.701. The molecule has 0 radical (unpaired) electrons. The fraction of sp³-hybridized carbons (Fsp3) is 0.188. The van der Waals surface area contributed by atoms with Crippen LogP contribution >= 0.6 is 11.8 Å². The molecule has 0 spiro atoms. The van der Waals surface area contributed by atoms with Crippen LogP contribution in [0.2, 0.25) is 0 Å². The van der Waals surface area contributed by atoms with Crippen molar-refractivity contribution in [1.82, 2.24) is 14.5 Å². The Hall–Kier alpha value is -2.54. The van der Waals surface area contributed by atoms with E-state index in [4.69, 9.17) is 9.84 Å². The van der Waals surface area contributed by atoms with E-state index in [1.54, 1.807) is 30.1 Å². The second-order valence-corrected chi connectivity index (χ2v) is 5.82. The van der Waals surface area contributed by atoms with Gasteiger partial charge in [0.2, 0.25) is 0 Å². The Morgan fingerprint density at radius 2 is 2.09 bits per heavy atom. The molecule has 7 heteroatoms. The van der Waals surface area contributed by atoms with Crippen molar-refractivity contribution < 1.29 is 14.6 Å². The summed E-state index contributed by atoms with van der Waals surface area (Å²) in [7, 11) is 1.63. The SMILES string of the molecule is COc1ccc(CSc2nc3ccncc3n2CC(=O)O)cc1. The minimum absolute atomic E-state index is 0.132. The zero-order valence-corrected chi connectivity index (χ0v) is 13.3. The molecule has 118 valence electrons. The number of aromatic nitrogens is 3. The second-order valence-electron chi connectivity index (χ2n) is 4.88. The number of pyridine rings is 1. The first-order valence-corrected chi connectivity index (χ1v) is 7.93. The number of imidazole rings is 1. The third-order valence-electron chi connectivity index (χ3n) is 3.34. The van der Waals surface area contributed by atoms with Crippen molar-refractivity contribution in [2.45, 2.75) is 17.5 Å². The van der Waals surface area contributed by atoms with Crippen molar-refractivity contribution in [3.05, 3.63) is 48.3 Å². The molecule has 2 heterocycles. The highest BCUT2D eigenvalue weighted by molar-refractivity contribution is 7.98. The van der Waals surface area contributed by atoms with E-state index in [0.29, 0.717) is 10.9 Å². The van der Waals surface area contributed by atoms with Crippen LogP contribution in [-0.2, 0) is 17.1 Å². The van der Waals surface area contributed by atoms with Gasteiger partial charge >= 0.3 is 5.97 Å². The van der Waals surface area contributed by atoms with Crippen LogP contribution in [0.3, 0.4) is 0 Å². The minimum Gasteiger partial charge on any atom is -0.497 e. The first-order chi connectivity index (χ1) is 11.2. The minimum atomic E-state index is -0.903. The molecule has 23 heavy (non-hydrogen) atoms. The van der Waals surface area contributed by atoms with Gasteiger partial charge in [-0.25, -0.2) is 4.98 Å². The maximum absolute atomic E-state index is 11.1. The summed E-state index contributed by atoms with van der Waals surface area (Å²) in [4.78, 5) is 19.7. The molecule has 0 saturated heterocycles. The number of methoxy groups -OCH3 is 1. The third kappa shape index (κ3) is 3.45. The number of hydrogen-bond donors (Lipinski definition) is 1. The summed E-state index contributed by atoms with van der Waals surface area (Å²) in [5, 5.41) is 9.79. The molecule has 0 aliphatic heterocycles. The lowest BCUT2D eigenvalue weighted by Gasteiger charge is -2.06. The van der Waals surface area contributed by atoms with Gasteiger partial charge in [0, 0.05) is 11.9 Å². The van der Waals surface area contributed by atoms with E-state index in [0.717, 1.165) is 22.3 Å². The maximum atomic E-state index is 11.1. The Labute approximate surface area is 137 Å². The standard InChI is InChI=1S/C16H15N3O3S/c1-22-12-4-2-11(3-5-12)10-23-16-18-13-6-7-17-8-14(13)19(16)9-15(20)21/h2-8H,9-10H2,1H3,(H,20,21). The zero-order chi connectivity index (χ0) is 16.2. The van der Waals surface area contributed by atoms with Crippen molar-refractivity contribution >= 4 is 28.8 Å². The molecule has 3 aromatic rings. The van der Waals surface area contributed by atoms with E-state index in [9.17, 15) is 4.79 Å². The fourth-order valence-corrected chi connectivity index (χ4v) is 3.19. The lowest BCUT2D eigenvalue weighted by Crippen LogP contribution is -2.09. The van der Waals surface area contributed by atoms with E-state index in [1.165, 1.54) is 11.8 Å². The van der Waals surface area contributed by atoms with Gasteiger partial charge in [0.1, 0.15) is 12.3 Å². The molecular weight excluding hydrogens is 314 g/mol. The average Bonchev–Trinajstić information content (AvgIpc) is 2.91. The number of thioether (sulfide) groups is 1. The number of aliphatic carboxylic acids is 1. The van der Waals surface area contributed by atoms with Crippen LogP contribution in [0.5, 0.6) is 5.75 Å². The topological polar surface area (TPSA) is 77.2 Å². The number of ether oxygens (including phenoxy) is 1. The summed E-state index contributed by atoms with van der Waals surface area (Å²) in [5.74, 6) is 0.600. The van der Waals surface area contributed by atoms with Gasteiger partial charge in [-0.2, -0.15) is 0 Å². The summed E-state index contributed by atoms with van der Waals surface area (Å²) >= 11 is 1.50. The molecule has 3 rings (SSSR count). The van der Waals surface area contributed by atoms with Crippen LogP contribution in [0.25, 0.3) is 11.0 Å². The molecule has 0 saturated carbocycles. The second kappa shape index (κ2) is 6.70. The smallest absolute Gasteiger partial charge is 0.323 e. The van der Waals surface area contributed by atoms with Gasteiger partial charge in [0.25, 0.3) is 0 Å². The normalized spacial score (nSPS) is 10.8. The number of hydrogen-bond acceptors (Lipinski definition) is 5. The van der Waals surface area contributed by atoms with Crippen LogP contribution in [0.1, 0.15) is 5.56 Å². The van der Waals surface area contributed by atoms with Crippen LogP contribution in [0, 0.1) is 0 Å². The van der Waals surface area contributed by atoms with Gasteiger partial charge < -0.3 is 14.4 Å². The largest absolute Gasteiger partial charge is 0.497 e. The van der Waals surface area contributed by atoms with E-state index < -0.39 is 5.97 Å². The lowest BCUT2D eigenvalue weighted by molar-refractivity contribution is -0.137. The summed E-state index contributed by atoms with van der Waals surface area (Å²) in [6.45, 7) is -0.132. The molecular formula is C16H15N3O3S. The van der Waals surface area contributed by atoms with Crippen LogP contribution in [0.15, 0.2) is 47.9 Å². The van der Waals surface area contributed by atoms with Gasteiger partial charge in [-0.15, -0.1) is 0 Å². The van der Waals surface area contributed by atoms with Crippen LogP contribution < -0.4 is 4.74 Å². The molecule has 0 amide bonds. The third-order valence-corrected chi connectivity index (χ3v) is 4.38. The highest BCUT2D eigenvalue weighted by Gasteiger charge is 2.14. The van der Waals surface area contributed by atoms with Crippen LogP contribution in [0.4, 0.5) is 0 Å². The molecule has 0 fully saturated rings. The van der Waals surface area contributed by atoms with Crippen molar-refractivity contribution in [3.63, 3.8) is 0 Å². The predicted molar refractivity (Wildman–Crippen MR) is 87.7 cm³/mol. The van der Waals surface area contributed by atoms with E-state index in [1.807, 2.05) is 24.3 Å². The lowest BCUT2D eigenvalue weighted by atomic mass is 10.2. The summed E-state index contributed by atoms with van der Waals surface area (Å²) in [5.41, 5.74) is 2.59.